The number of carbonyl (C=O) groups excluding carboxylic acids is 1. The Morgan fingerprint density at radius 1 is 1.04 bits per heavy atom. The second-order valence-corrected chi connectivity index (χ2v) is 7.39. The molecule has 3 N–H and O–H groups in total. The maximum absolute atomic E-state index is 12.2. The van der Waals surface area contributed by atoms with E-state index < -0.39 is 11.9 Å². The van der Waals surface area contributed by atoms with Crippen LogP contribution in [0.3, 0.4) is 0 Å². The maximum atomic E-state index is 12.2. The van der Waals surface area contributed by atoms with Gasteiger partial charge in [0.15, 0.2) is 11.5 Å². The summed E-state index contributed by atoms with van der Waals surface area (Å²) in [5, 5.41) is 15.7. The first-order chi connectivity index (χ1) is 12.1. The molecule has 6 heteroatoms. The molecule has 136 valence electrons. The summed E-state index contributed by atoms with van der Waals surface area (Å²) in [6.07, 6.45) is 8.44. The van der Waals surface area contributed by atoms with Crippen LogP contribution in [0.15, 0.2) is 18.2 Å². The molecule has 0 saturated heterocycles. The maximum Gasteiger partial charge on any atom is 0.319 e. The van der Waals surface area contributed by atoms with E-state index in [0.29, 0.717) is 11.4 Å². The lowest BCUT2D eigenvalue weighted by Gasteiger charge is -2.31. The number of fused-ring (bicyclic) bond motifs is 1. The molecule has 0 bridgehead atoms. The van der Waals surface area contributed by atoms with Crippen molar-refractivity contribution >= 4 is 11.7 Å². The highest BCUT2D eigenvalue weighted by atomic mass is 16.7. The van der Waals surface area contributed by atoms with Crippen molar-refractivity contribution in [1.29, 1.82) is 0 Å². The van der Waals surface area contributed by atoms with Gasteiger partial charge in [0.25, 0.3) is 5.79 Å². The summed E-state index contributed by atoms with van der Waals surface area (Å²) in [6.45, 7) is 0. The number of hydrogen-bond acceptors (Lipinski definition) is 4. The van der Waals surface area contributed by atoms with Crippen LogP contribution in [-0.2, 0) is 0 Å². The van der Waals surface area contributed by atoms with Crippen molar-refractivity contribution in [2.45, 2.75) is 75.7 Å². The zero-order valence-corrected chi connectivity index (χ0v) is 14.4. The number of rotatable bonds is 2. The van der Waals surface area contributed by atoms with Gasteiger partial charge >= 0.3 is 6.03 Å². The van der Waals surface area contributed by atoms with Gasteiger partial charge in [-0.15, -0.1) is 0 Å². The molecule has 2 aliphatic carbocycles. The van der Waals surface area contributed by atoms with Gasteiger partial charge in [0.1, 0.15) is 0 Å². The number of anilines is 1. The second kappa shape index (κ2) is 6.75. The molecule has 1 aromatic carbocycles. The van der Waals surface area contributed by atoms with Gasteiger partial charge in [-0.25, -0.2) is 4.79 Å². The van der Waals surface area contributed by atoms with E-state index in [1.807, 2.05) is 18.2 Å². The number of ether oxygens (including phenoxy) is 2. The zero-order chi connectivity index (χ0) is 17.3. The Balaban J connectivity index is 1.38. The SMILES string of the molecule is O=C(Nc1ccc2c(c1)OC1(CCCCC1)O2)NC1CCCCC1O. The fourth-order valence-corrected chi connectivity index (χ4v) is 4.08. The van der Waals surface area contributed by atoms with E-state index in [9.17, 15) is 9.90 Å². The van der Waals surface area contributed by atoms with E-state index in [1.54, 1.807) is 0 Å². The molecule has 6 nitrogen and oxygen atoms in total. The van der Waals surface area contributed by atoms with Crippen molar-refractivity contribution in [2.75, 3.05) is 5.32 Å². The summed E-state index contributed by atoms with van der Waals surface area (Å²) in [5.41, 5.74) is 0.665. The molecule has 25 heavy (non-hydrogen) atoms. The summed E-state index contributed by atoms with van der Waals surface area (Å²) in [4.78, 5) is 12.2. The average molecular weight is 346 g/mol. The van der Waals surface area contributed by atoms with Crippen LogP contribution in [0.2, 0.25) is 0 Å². The van der Waals surface area contributed by atoms with Gasteiger partial charge in [0, 0.05) is 24.6 Å². The van der Waals surface area contributed by atoms with Crippen LogP contribution in [-0.4, -0.2) is 29.1 Å². The van der Waals surface area contributed by atoms with E-state index in [2.05, 4.69) is 10.6 Å². The van der Waals surface area contributed by atoms with E-state index in [0.717, 1.165) is 57.1 Å². The average Bonchev–Trinajstić information content (AvgIpc) is 2.94. The highest BCUT2D eigenvalue weighted by Gasteiger charge is 2.42. The van der Waals surface area contributed by atoms with Gasteiger partial charge in [-0.3, -0.25) is 0 Å². The van der Waals surface area contributed by atoms with Crippen LogP contribution in [0, 0.1) is 0 Å². The lowest BCUT2D eigenvalue weighted by atomic mass is 9.93. The minimum absolute atomic E-state index is 0.173. The number of aliphatic hydroxyl groups is 1. The van der Waals surface area contributed by atoms with Crippen molar-refractivity contribution in [3.05, 3.63) is 18.2 Å². The topological polar surface area (TPSA) is 79.8 Å². The van der Waals surface area contributed by atoms with E-state index >= 15 is 0 Å². The highest BCUT2D eigenvalue weighted by Crippen LogP contribution is 2.46. The van der Waals surface area contributed by atoms with Crippen molar-refractivity contribution in [1.82, 2.24) is 5.32 Å². The molecule has 1 aromatic rings. The minimum atomic E-state index is -0.506. The molecule has 2 fully saturated rings. The van der Waals surface area contributed by atoms with Crippen LogP contribution in [0.25, 0.3) is 0 Å². The largest absolute Gasteiger partial charge is 0.448 e. The third-order valence-electron chi connectivity index (χ3n) is 5.45. The van der Waals surface area contributed by atoms with Gasteiger partial charge in [-0.1, -0.05) is 19.3 Å². The van der Waals surface area contributed by atoms with Crippen molar-refractivity contribution < 1.29 is 19.4 Å². The van der Waals surface area contributed by atoms with E-state index in [-0.39, 0.29) is 12.1 Å². The molecule has 0 radical (unpaired) electrons. The third-order valence-corrected chi connectivity index (χ3v) is 5.45. The Morgan fingerprint density at radius 2 is 1.80 bits per heavy atom. The first-order valence-corrected chi connectivity index (χ1v) is 9.41. The summed E-state index contributed by atoms with van der Waals surface area (Å²) >= 11 is 0. The molecule has 1 spiro atoms. The molecular weight excluding hydrogens is 320 g/mol. The number of urea groups is 1. The summed E-state index contributed by atoms with van der Waals surface area (Å²) in [6, 6.07) is 5.02. The smallest absolute Gasteiger partial charge is 0.319 e. The number of carbonyl (C=O) groups is 1. The van der Waals surface area contributed by atoms with Crippen molar-refractivity contribution in [3.8, 4) is 11.5 Å². The number of amides is 2. The molecule has 4 rings (SSSR count). The molecule has 2 unspecified atom stereocenters. The van der Waals surface area contributed by atoms with Gasteiger partial charge in [-0.2, -0.15) is 0 Å². The summed E-state index contributed by atoms with van der Waals surface area (Å²) in [7, 11) is 0. The standard InChI is InChI=1S/C19H26N2O4/c22-15-7-3-2-6-14(15)21-18(23)20-13-8-9-16-17(12-13)25-19(24-16)10-4-1-5-11-19/h8-9,12,14-15,22H,1-7,10-11H2,(H2,20,21,23). The van der Waals surface area contributed by atoms with Gasteiger partial charge < -0.3 is 25.2 Å². The van der Waals surface area contributed by atoms with E-state index in [4.69, 9.17) is 9.47 Å². The number of aliphatic hydroxyl groups excluding tert-OH is 1. The molecule has 1 heterocycles. The summed E-state index contributed by atoms with van der Waals surface area (Å²) < 4.78 is 12.1. The van der Waals surface area contributed by atoms with E-state index in [1.165, 1.54) is 6.42 Å². The van der Waals surface area contributed by atoms with Gasteiger partial charge in [0.2, 0.25) is 0 Å². The Morgan fingerprint density at radius 3 is 2.60 bits per heavy atom. The Labute approximate surface area is 147 Å². The molecule has 2 saturated carbocycles. The van der Waals surface area contributed by atoms with Crippen molar-refractivity contribution in [3.63, 3.8) is 0 Å². The highest BCUT2D eigenvalue weighted by molar-refractivity contribution is 5.90. The van der Waals surface area contributed by atoms with Crippen LogP contribution in [0.5, 0.6) is 11.5 Å². The van der Waals surface area contributed by atoms with Crippen LogP contribution in [0.4, 0.5) is 10.5 Å². The summed E-state index contributed by atoms with van der Waals surface area (Å²) in [5.74, 6) is 0.932. The second-order valence-electron chi connectivity index (χ2n) is 7.39. The predicted molar refractivity (Wildman–Crippen MR) is 93.9 cm³/mol. The quantitative estimate of drug-likeness (QED) is 0.765. The predicted octanol–water partition coefficient (Wildman–Crippen LogP) is 3.54. The van der Waals surface area contributed by atoms with Crippen LogP contribution in [0.1, 0.15) is 57.8 Å². The number of hydrogen-bond donors (Lipinski definition) is 3. The fourth-order valence-electron chi connectivity index (χ4n) is 4.08. The minimum Gasteiger partial charge on any atom is -0.448 e. The number of nitrogens with one attached hydrogen (secondary N) is 2. The van der Waals surface area contributed by atoms with Crippen molar-refractivity contribution in [2.24, 2.45) is 0 Å². The Hall–Kier alpha value is -1.95. The first-order valence-electron chi connectivity index (χ1n) is 9.41. The molecular formula is C19H26N2O4. The molecule has 2 atom stereocenters. The monoisotopic (exact) mass is 346 g/mol. The first kappa shape index (κ1) is 16.5. The van der Waals surface area contributed by atoms with Gasteiger partial charge in [0.05, 0.1) is 12.1 Å². The van der Waals surface area contributed by atoms with Crippen LogP contribution >= 0.6 is 0 Å². The molecule has 2 amide bonds. The fraction of sp³-hybridized carbons (Fsp3) is 0.632. The normalized spacial score (nSPS) is 27.1. The molecule has 1 aliphatic heterocycles. The van der Waals surface area contributed by atoms with Crippen LogP contribution < -0.4 is 20.1 Å². The molecule has 0 aromatic heterocycles. The Kier molecular flexibility index (Phi) is 4.46. The number of benzene rings is 1. The van der Waals surface area contributed by atoms with Gasteiger partial charge in [-0.05, 0) is 37.8 Å². The third kappa shape index (κ3) is 3.54. The lowest BCUT2D eigenvalue weighted by molar-refractivity contribution is -0.105. The zero-order valence-electron chi connectivity index (χ0n) is 14.4. The Bertz CT molecular complexity index is 642. The lowest BCUT2D eigenvalue weighted by Crippen LogP contribution is -2.46. The molecule has 3 aliphatic rings.